The average Bonchev–Trinajstić information content (AvgIpc) is 0.722. The number of rotatable bonds is 0. The van der Waals surface area contributed by atoms with Gasteiger partial charge >= 0.3 is 0 Å². The Labute approximate surface area is 29.9 Å². The first-order valence-electron chi connectivity index (χ1n) is 1.41. The molecule has 0 aromatic heterocycles. The van der Waals surface area contributed by atoms with Crippen LogP contribution in [0.2, 0.25) is 0 Å². The predicted octanol–water partition coefficient (Wildman–Crippen LogP) is 1.27. The van der Waals surface area contributed by atoms with Crippen molar-refractivity contribution in [3.63, 3.8) is 0 Å². The van der Waals surface area contributed by atoms with Crippen LogP contribution < -0.4 is 0 Å². The minimum absolute atomic E-state index is 1.33. The molecule has 0 N–H and O–H groups in total. The van der Waals surface area contributed by atoms with E-state index in [2.05, 4.69) is 0 Å². The lowest BCUT2D eigenvalue weighted by Crippen LogP contribution is -1.74. The SMILES string of the molecule is C1PCP1. The Bertz CT molecular complexity index is 12.0. The summed E-state index contributed by atoms with van der Waals surface area (Å²) in [6.45, 7) is 0. The smallest absolute Gasteiger partial charge is 0.0169 e. The first-order valence-corrected chi connectivity index (χ1v) is 4.24. The van der Waals surface area contributed by atoms with Crippen molar-refractivity contribution in [3.05, 3.63) is 0 Å². The summed E-state index contributed by atoms with van der Waals surface area (Å²) < 4.78 is 0. The predicted molar refractivity (Wildman–Crippen MR) is 26.4 cm³/mol. The fourth-order valence-electron chi connectivity index (χ4n) is 0.125. The van der Waals surface area contributed by atoms with E-state index in [1.807, 2.05) is 0 Å². The normalized spacial score (nSPS) is 36.0. The van der Waals surface area contributed by atoms with Gasteiger partial charge in [0.1, 0.15) is 0 Å². The van der Waals surface area contributed by atoms with Crippen molar-refractivity contribution >= 4 is 17.2 Å². The van der Waals surface area contributed by atoms with Gasteiger partial charge < -0.3 is 0 Å². The van der Waals surface area contributed by atoms with E-state index in [1.165, 1.54) is 17.2 Å². The number of hydrogen-bond acceptors (Lipinski definition) is 0. The van der Waals surface area contributed by atoms with Crippen LogP contribution in [0.15, 0.2) is 0 Å². The highest BCUT2D eigenvalue weighted by molar-refractivity contribution is 7.73. The summed E-state index contributed by atoms with van der Waals surface area (Å²) in [6, 6.07) is 0. The van der Waals surface area contributed by atoms with Crippen molar-refractivity contribution in [2.45, 2.75) is 0 Å². The molecule has 1 rings (SSSR count). The summed E-state index contributed by atoms with van der Waals surface area (Å²) in [7, 11) is 2.67. The summed E-state index contributed by atoms with van der Waals surface area (Å²) in [4.78, 5) is 0. The van der Waals surface area contributed by atoms with Crippen LogP contribution in [-0.2, 0) is 0 Å². The lowest BCUT2D eigenvalue weighted by Gasteiger charge is -2.06. The third-order valence-electron chi connectivity index (χ3n) is 0.500. The van der Waals surface area contributed by atoms with E-state index in [9.17, 15) is 0 Å². The molecule has 0 atom stereocenters. The summed E-state index contributed by atoms with van der Waals surface area (Å²) >= 11 is 0. The largest absolute Gasteiger partial charge is 0.114 e. The summed E-state index contributed by atoms with van der Waals surface area (Å²) in [5.74, 6) is 3.11. The molecule has 1 heterocycles. The second-order valence-electron chi connectivity index (χ2n) is 0.854. The summed E-state index contributed by atoms with van der Waals surface area (Å²) in [5.41, 5.74) is 0. The van der Waals surface area contributed by atoms with Gasteiger partial charge in [0.2, 0.25) is 0 Å². The molecule has 4 heavy (non-hydrogen) atoms. The van der Waals surface area contributed by atoms with E-state index in [0.29, 0.717) is 0 Å². The molecule has 1 aliphatic heterocycles. The number of hydrogen-bond donors (Lipinski definition) is 0. The van der Waals surface area contributed by atoms with Crippen LogP contribution in [0, 0.1) is 0 Å². The van der Waals surface area contributed by atoms with Gasteiger partial charge in [-0.15, -0.1) is 17.2 Å². The quantitative estimate of drug-likeness (QED) is 0.395. The molecule has 0 bridgehead atoms. The van der Waals surface area contributed by atoms with Gasteiger partial charge in [0.05, 0.1) is 0 Å². The summed E-state index contributed by atoms with van der Waals surface area (Å²) in [6.07, 6.45) is 0. The van der Waals surface area contributed by atoms with E-state index >= 15 is 0 Å². The minimum atomic E-state index is 1.33. The van der Waals surface area contributed by atoms with Crippen LogP contribution in [0.4, 0.5) is 0 Å². The Kier molecular flexibility index (Phi) is 1.02. The molecule has 0 unspecified atom stereocenters. The second kappa shape index (κ2) is 1.34. The molecule has 0 spiro atoms. The van der Waals surface area contributed by atoms with Gasteiger partial charge in [0.15, 0.2) is 0 Å². The molecule has 24 valence electrons. The molecular weight excluding hydrogens is 86.0 g/mol. The highest BCUT2D eigenvalue weighted by atomic mass is 31.2. The second-order valence-corrected chi connectivity index (χ2v) is 4.68. The van der Waals surface area contributed by atoms with E-state index in [0.717, 1.165) is 0 Å². The lowest BCUT2D eigenvalue weighted by molar-refractivity contribution is 1.95. The third-order valence-corrected chi connectivity index (χ3v) is 4.50. The molecular formula is C2H6P2. The van der Waals surface area contributed by atoms with Gasteiger partial charge in [-0.1, -0.05) is 0 Å². The fourth-order valence-corrected chi connectivity index (χ4v) is 1.12. The topological polar surface area (TPSA) is 0 Å². The maximum absolute atomic E-state index is 1.56. The van der Waals surface area contributed by atoms with Crippen molar-refractivity contribution < 1.29 is 0 Å². The van der Waals surface area contributed by atoms with Crippen LogP contribution in [0.25, 0.3) is 0 Å². The average molecular weight is 92.0 g/mol. The van der Waals surface area contributed by atoms with E-state index in [4.69, 9.17) is 0 Å². The fraction of sp³-hybridized carbons (Fsp3) is 1.00. The monoisotopic (exact) mass is 92.0 g/mol. The maximum atomic E-state index is 1.56. The standard InChI is InChI=1S/C2H6P2/c1-3-2-4-1/h3-4H,1-2H2. The Balaban J connectivity index is 2.00. The first kappa shape index (κ1) is 3.07. The zero-order chi connectivity index (χ0) is 2.83. The van der Waals surface area contributed by atoms with Gasteiger partial charge in [0.25, 0.3) is 0 Å². The van der Waals surface area contributed by atoms with Crippen LogP contribution >= 0.6 is 17.2 Å². The van der Waals surface area contributed by atoms with E-state index in [1.54, 1.807) is 11.8 Å². The van der Waals surface area contributed by atoms with Crippen LogP contribution in [0.1, 0.15) is 0 Å². The van der Waals surface area contributed by atoms with Gasteiger partial charge in [-0.3, -0.25) is 0 Å². The zero-order valence-electron chi connectivity index (χ0n) is 2.41. The molecule has 1 fully saturated rings. The molecule has 0 aromatic carbocycles. The molecule has 0 aromatic rings. The molecule has 0 radical (unpaired) electrons. The summed E-state index contributed by atoms with van der Waals surface area (Å²) in [5, 5.41) is 0. The van der Waals surface area contributed by atoms with Gasteiger partial charge in [-0.2, -0.15) is 0 Å². The van der Waals surface area contributed by atoms with Crippen LogP contribution in [0.3, 0.4) is 0 Å². The van der Waals surface area contributed by atoms with Gasteiger partial charge in [-0.05, 0) is 11.8 Å². The van der Waals surface area contributed by atoms with E-state index < -0.39 is 0 Å². The van der Waals surface area contributed by atoms with Crippen molar-refractivity contribution in [3.8, 4) is 0 Å². The lowest BCUT2D eigenvalue weighted by atomic mass is 11.8. The first-order chi connectivity index (χ1) is 2.00. The van der Waals surface area contributed by atoms with Crippen LogP contribution in [0.5, 0.6) is 0 Å². The Hall–Kier alpha value is 0.860. The molecule has 0 amide bonds. The molecule has 2 heteroatoms. The third kappa shape index (κ3) is 0.419. The van der Waals surface area contributed by atoms with Gasteiger partial charge in [-0.25, -0.2) is 0 Å². The highest BCUT2D eigenvalue weighted by Gasteiger charge is 1.94. The highest BCUT2D eigenvalue weighted by Crippen LogP contribution is 2.40. The van der Waals surface area contributed by atoms with E-state index in [-0.39, 0.29) is 0 Å². The molecule has 0 aliphatic carbocycles. The van der Waals surface area contributed by atoms with Crippen molar-refractivity contribution in [2.75, 3.05) is 11.8 Å². The Morgan fingerprint density at radius 2 is 1.25 bits per heavy atom. The van der Waals surface area contributed by atoms with Crippen molar-refractivity contribution in [1.29, 1.82) is 0 Å². The zero-order valence-corrected chi connectivity index (χ0v) is 4.41. The minimum Gasteiger partial charge on any atom is -0.114 e. The van der Waals surface area contributed by atoms with Crippen LogP contribution in [-0.4, -0.2) is 11.8 Å². The van der Waals surface area contributed by atoms with Crippen molar-refractivity contribution in [1.82, 2.24) is 0 Å². The Morgan fingerprint density at radius 3 is 1.25 bits per heavy atom. The molecule has 0 saturated carbocycles. The molecule has 1 aliphatic rings. The Morgan fingerprint density at radius 1 is 1.00 bits per heavy atom. The van der Waals surface area contributed by atoms with Crippen molar-refractivity contribution in [2.24, 2.45) is 0 Å². The van der Waals surface area contributed by atoms with Gasteiger partial charge in [0, 0.05) is 0 Å². The molecule has 1 saturated heterocycles. The molecule has 0 nitrogen and oxygen atoms in total. The maximum Gasteiger partial charge on any atom is -0.0169 e.